The van der Waals surface area contributed by atoms with Crippen LogP contribution in [-0.4, -0.2) is 61.4 Å². The van der Waals surface area contributed by atoms with Crippen LogP contribution in [0.3, 0.4) is 0 Å². The van der Waals surface area contributed by atoms with Crippen molar-refractivity contribution in [3.63, 3.8) is 0 Å². The topological polar surface area (TPSA) is 137 Å². The van der Waals surface area contributed by atoms with Gasteiger partial charge in [-0.2, -0.15) is 5.26 Å². The predicted octanol–water partition coefficient (Wildman–Crippen LogP) is 4.48. The molecule has 2 fully saturated rings. The molecule has 1 amide bonds. The minimum absolute atomic E-state index is 0.0281. The van der Waals surface area contributed by atoms with Gasteiger partial charge in [-0.3, -0.25) is 15.6 Å². The minimum Gasteiger partial charge on any atom is -0.429 e. The largest absolute Gasteiger partial charge is 0.429 e. The fraction of sp³-hybridized carbons (Fsp3) is 0.429. The van der Waals surface area contributed by atoms with Crippen molar-refractivity contribution in [1.82, 2.24) is 20.9 Å². The van der Waals surface area contributed by atoms with Crippen molar-refractivity contribution in [2.45, 2.75) is 69.5 Å². The van der Waals surface area contributed by atoms with Crippen molar-refractivity contribution in [1.29, 1.82) is 16.1 Å². The Hall–Kier alpha value is -4.42. The zero-order chi connectivity index (χ0) is 31.8. The molecule has 0 spiro atoms. The number of rotatable bonds is 10. The lowest BCUT2D eigenvalue weighted by Crippen LogP contribution is -2.46. The van der Waals surface area contributed by atoms with Gasteiger partial charge in [-0.15, -0.1) is 0 Å². The van der Waals surface area contributed by atoms with E-state index in [1.54, 1.807) is 13.1 Å². The molecular formula is C35H43N7O2. The molecule has 9 nitrogen and oxygen atoms in total. The Labute approximate surface area is 260 Å². The van der Waals surface area contributed by atoms with Gasteiger partial charge in [-0.05, 0) is 91.0 Å². The second-order valence-corrected chi connectivity index (χ2v) is 12.3. The van der Waals surface area contributed by atoms with Crippen LogP contribution in [0.4, 0.5) is 0 Å². The van der Waals surface area contributed by atoms with Crippen molar-refractivity contribution < 1.29 is 9.53 Å². The number of likely N-dealkylation sites (tertiary alicyclic amines) is 1. The summed E-state index contributed by atoms with van der Waals surface area (Å²) in [5.41, 5.74) is 6.07. The van der Waals surface area contributed by atoms with Crippen molar-refractivity contribution >= 4 is 23.4 Å². The van der Waals surface area contributed by atoms with Gasteiger partial charge in [0.25, 0.3) is 5.91 Å². The van der Waals surface area contributed by atoms with E-state index < -0.39 is 5.41 Å². The summed E-state index contributed by atoms with van der Waals surface area (Å²) in [5.74, 6) is 0.341. The Balaban J connectivity index is 1.57. The summed E-state index contributed by atoms with van der Waals surface area (Å²) in [4.78, 5) is 14.8. The summed E-state index contributed by atoms with van der Waals surface area (Å²) in [6.07, 6.45) is 3.87. The fourth-order valence-corrected chi connectivity index (χ4v) is 7.20. The average Bonchev–Trinajstić information content (AvgIpc) is 3.71. The lowest BCUT2D eigenvalue weighted by atomic mass is 9.68. The van der Waals surface area contributed by atoms with Crippen molar-refractivity contribution in [2.24, 2.45) is 5.92 Å². The van der Waals surface area contributed by atoms with E-state index in [1.165, 1.54) is 6.92 Å². The van der Waals surface area contributed by atoms with Crippen LogP contribution in [0.2, 0.25) is 0 Å². The summed E-state index contributed by atoms with van der Waals surface area (Å²) in [5, 5.41) is 36.8. The number of carbonyl (C=O) groups is 1. The number of amides is 1. The first kappa shape index (κ1) is 31.0. The van der Waals surface area contributed by atoms with Crippen LogP contribution in [0.15, 0.2) is 55.3 Å². The highest BCUT2D eigenvalue weighted by atomic mass is 16.5. The summed E-state index contributed by atoms with van der Waals surface area (Å²) in [6, 6.07) is 14.5. The number of fused-ring (bicyclic) bond motifs is 3. The first-order valence-electron chi connectivity index (χ1n) is 15.3. The Morgan fingerprint density at radius 1 is 1.09 bits per heavy atom. The number of benzene rings is 2. The van der Waals surface area contributed by atoms with Gasteiger partial charge < -0.3 is 25.6 Å². The molecule has 5 rings (SSSR count). The van der Waals surface area contributed by atoms with E-state index >= 15 is 0 Å². The summed E-state index contributed by atoms with van der Waals surface area (Å²) in [6.45, 7) is 12.6. The maximum absolute atomic E-state index is 12.6. The smallest absolute Gasteiger partial charge is 0.251 e. The molecule has 2 aromatic rings. The number of nitrogens with one attached hydrogen (secondary N) is 5. The number of piperidine rings is 1. The Morgan fingerprint density at radius 3 is 2.32 bits per heavy atom. The molecule has 5 atom stereocenters. The van der Waals surface area contributed by atoms with Crippen LogP contribution in [0.25, 0.3) is 5.70 Å². The molecule has 1 saturated carbocycles. The van der Waals surface area contributed by atoms with E-state index in [0.717, 1.165) is 52.1 Å². The van der Waals surface area contributed by atoms with Gasteiger partial charge in [0.15, 0.2) is 5.90 Å². The summed E-state index contributed by atoms with van der Waals surface area (Å²) in [7, 11) is 3.46. The number of ether oxygens (including phenoxy) is 1. The second-order valence-electron chi connectivity index (χ2n) is 12.3. The third-order valence-corrected chi connectivity index (χ3v) is 9.46. The number of hydrogen-bond acceptors (Lipinski definition) is 8. The predicted molar refractivity (Wildman–Crippen MR) is 174 cm³/mol. The maximum atomic E-state index is 12.6. The van der Waals surface area contributed by atoms with E-state index in [0.29, 0.717) is 43.3 Å². The molecule has 5 N–H and O–H groups in total. The molecule has 2 aliphatic carbocycles. The highest BCUT2D eigenvalue weighted by molar-refractivity contribution is 5.99. The summed E-state index contributed by atoms with van der Waals surface area (Å²) >= 11 is 0. The molecule has 0 bridgehead atoms. The lowest BCUT2D eigenvalue weighted by molar-refractivity contribution is 0.0963. The van der Waals surface area contributed by atoms with Crippen molar-refractivity contribution in [2.75, 3.05) is 20.6 Å². The maximum Gasteiger partial charge on any atom is 0.251 e. The third kappa shape index (κ3) is 5.62. The molecule has 1 heterocycles. The number of aryl methyl sites for hydroxylation is 2. The van der Waals surface area contributed by atoms with Crippen molar-refractivity contribution in [3.8, 4) is 6.07 Å². The average molecular weight is 594 g/mol. The molecule has 44 heavy (non-hydrogen) atoms. The van der Waals surface area contributed by atoms with Crippen molar-refractivity contribution in [3.05, 3.63) is 88.6 Å². The zero-order valence-corrected chi connectivity index (χ0v) is 26.1. The van der Waals surface area contributed by atoms with E-state index in [-0.39, 0.29) is 29.8 Å². The van der Waals surface area contributed by atoms with E-state index in [1.807, 2.05) is 25.2 Å². The second kappa shape index (κ2) is 12.3. The third-order valence-electron chi connectivity index (χ3n) is 9.46. The minimum atomic E-state index is -1.04. The van der Waals surface area contributed by atoms with Gasteiger partial charge in [0.05, 0.1) is 11.5 Å². The first-order valence-corrected chi connectivity index (χ1v) is 15.3. The highest BCUT2D eigenvalue weighted by Gasteiger charge is 2.52. The number of hydrogen-bond donors (Lipinski definition) is 5. The lowest BCUT2D eigenvalue weighted by Gasteiger charge is -2.38. The van der Waals surface area contributed by atoms with E-state index in [2.05, 4.69) is 59.1 Å². The number of carbonyl (C=O) groups excluding carboxylic acids is 1. The van der Waals surface area contributed by atoms with Crippen LogP contribution >= 0.6 is 0 Å². The van der Waals surface area contributed by atoms with Crippen LogP contribution in [0.1, 0.15) is 71.3 Å². The molecule has 9 heteroatoms. The molecule has 0 radical (unpaired) electrons. The quantitative estimate of drug-likeness (QED) is 0.204. The molecule has 1 aliphatic heterocycles. The van der Waals surface area contributed by atoms with Crippen LogP contribution < -0.4 is 16.0 Å². The molecule has 230 valence electrons. The van der Waals surface area contributed by atoms with Gasteiger partial charge in [0.1, 0.15) is 6.04 Å². The van der Waals surface area contributed by atoms with E-state index in [9.17, 15) is 15.5 Å². The Morgan fingerprint density at radius 2 is 1.73 bits per heavy atom. The fourth-order valence-electron chi connectivity index (χ4n) is 7.20. The molecule has 2 unspecified atom stereocenters. The molecular weight excluding hydrogens is 550 g/mol. The van der Waals surface area contributed by atoms with Gasteiger partial charge in [0, 0.05) is 56.6 Å². The van der Waals surface area contributed by atoms with Gasteiger partial charge in [-0.1, -0.05) is 31.4 Å². The zero-order valence-electron chi connectivity index (χ0n) is 26.1. The van der Waals surface area contributed by atoms with E-state index in [4.69, 9.17) is 10.1 Å². The normalized spacial score (nSPS) is 23.5. The number of nitrogens with zero attached hydrogens (tertiary/aromatic N) is 2. The van der Waals surface area contributed by atoms with Crippen LogP contribution in [0, 0.1) is 28.1 Å². The Kier molecular flexibility index (Phi) is 8.66. The molecule has 3 aliphatic rings. The molecule has 1 saturated heterocycles. The van der Waals surface area contributed by atoms with Crippen LogP contribution in [-0.2, 0) is 23.0 Å². The Bertz CT molecular complexity index is 1500. The van der Waals surface area contributed by atoms with Gasteiger partial charge in [0.2, 0.25) is 5.90 Å². The van der Waals surface area contributed by atoms with Gasteiger partial charge >= 0.3 is 0 Å². The summed E-state index contributed by atoms with van der Waals surface area (Å²) < 4.78 is 5.88. The standard InChI is InChI=1S/C35H43N7O2/c1-20(41-19-21(2)42-29(18-36)15-28-16-32(28)42)17-35(34(38)44-23(4)37)30-11-9-24(22(3)39-5)13-25(30)7-8-26-14-27(33(43)40-6)10-12-31(26)35/h9-14,20,28-29,32,37-39,41H,2-3,7-8,15-17,19H2,1,4-6H3,(H,40,43)/t20-,28+,29?,32-,35?/m0/s1. The number of nitriles is 1. The van der Waals surface area contributed by atoms with Crippen LogP contribution in [0.5, 0.6) is 0 Å². The molecule has 0 aromatic heterocycles. The SMILES string of the molecule is C=C(NC)c1ccc2c(c1)CCc1cc(C(=O)NC)ccc1C2(C[C@H](C)NCC(=C)N1C(C#N)C[C@@H]2C[C@@H]21)C(=N)OC(C)=N. The highest BCUT2D eigenvalue weighted by Crippen LogP contribution is 2.49. The molecule has 2 aromatic carbocycles. The first-order chi connectivity index (χ1) is 21.0. The monoisotopic (exact) mass is 593 g/mol. The van der Waals surface area contributed by atoms with Gasteiger partial charge in [-0.25, -0.2) is 0 Å².